The Kier molecular flexibility index (Phi) is 10.9. The molecule has 0 saturated carbocycles. The first-order valence-corrected chi connectivity index (χ1v) is 8.85. The van der Waals surface area contributed by atoms with Gasteiger partial charge in [0.2, 0.25) is 11.8 Å². The number of thioether (sulfide) groups is 1. The van der Waals surface area contributed by atoms with Crippen molar-refractivity contribution in [1.29, 1.82) is 0 Å². The van der Waals surface area contributed by atoms with Crippen LogP contribution in [-0.4, -0.2) is 79.7 Å². The largest absolute Gasteiger partial charge is 0.354 e. The molecule has 6 nitrogen and oxygen atoms in total. The zero-order valence-corrected chi connectivity index (χ0v) is 15.2. The van der Waals surface area contributed by atoms with Gasteiger partial charge in [-0.05, 0) is 40.2 Å². The van der Waals surface area contributed by atoms with Crippen LogP contribution in [0.15, 0.2) is 0 Å². The van der Waals surface area contributed by atoms with E-state index in [2.05, 4.69) is 5.32 Å². The second-order valence-corrected chi connectivity index (χ2v) is 6.60. The van der Waals surface area contributed by atoms with E-state index >= 15 is 0 Å². The van der Waals surface area contributed by atoms with E-state index in [1.54, 1.807) is 18.8 Å². The van der Waals surface area contributed by atoms with Crippen molar-refractivity contribution in [1.82, 2.24) is 15.1 Å². The summed E-state index contributed by atoms with van der Waals surface area (Å²) < 4.78 is 0. The Bertz CT molecular complexity index is 375. The average Bonchev–Trinajstić information content (AvgIpc) is 2.45. The van der Waals surface area contributed by atoms with Gasteiger partial charge in [0.05, 0.1) is 0 Å². The number of amides is 2. The molecule has 7 heteroatoms. The van der Waals surface area contributed by atoms with E-state index in [0.29, 0.717) is 18.7 Å². The fraction of sp³-hybridized carbons (Fsp3) is 0.800. The van der Waals surface area contributed by atoms with E-state index in [9.17, 15) is 14.4 Å². The van der Waals surface area contributed by atoms with Gasteiger partial charge in [-0.15, -0.1) is 0 Å². The van der Waals surface area contributed by atoms with E-state index in [0.717, 1.165) is 13.0 Å². The zero-order valence-electron chi connectivity index (χ0n) is 14.3. The minimum atomic E-state index is -0.716. The predicted octanol–water partition coefficient (Wildman–Crippen LogP) is 0.614. The maximum atomic E-state index is 12.3. The van der Waals surface area contributed by atoms with Crippen LogP contribution in [0.1, 0.15) is 26.2 Å². The lowest BCUT2D eigenvalue weighted by Crippen LogP contribution is -2.49. The van der Waals surface area contributed by atoms with Crippen molar-refractivity contribution in [3.8, 4) is 0 Å². The molecule has 0 aromatic carbocycles. The van der Waals surface area contributed by atoms with Crippen molar-refractivity contribution < 1.29 is 14.4 Å². The highest BCUT2D eigenvalue weighted by Gasteiger charge is 2.27. The molecule has 0 unspecified atom stereocenters. The van der Waals surface area contributed by atoms with E-state index in [1.807, 2.05) is 25.3 Å². The Labute approximate surface area is 138 Å². The lowest BCUT2D eigenvalue weighted by molar-refractivity contribution is -0.140. The van der Waals surface area contributed by atoms with Crippen LogP contribution in [0.3, 0.4) is 0 Å². The monoisotopic (exact) mass is 331 g/mol. The van der Waals surface area contributed by atoms with Crippen LogP contribution < -0.4 is 5.32 Å². The van der Waals surface area contributed by atoms with Crippen molar-refractivity contribution in [3.05, 3.63) is 0 Å². The van der Waals surface area contributed by atoms with Crippen molar-refractivity contribution >= 4 is 29.4 Å². The van der Waals surface area contributed by atoms with Gasteiger partial charge in [-0.25, -0.2) is 0 Å². The van der Waals surface area contributed by atoms with Crippen LogP contribution in [-0.2, 0) is 14.4 Å². The molecule has 0 aliphatic heterocycles. The minimum Gasteiger partial charge on any atom is -0.354 e. The summed E-state index contributed by atoms with van der Waals surface area (Å²) >= 11 is 1.58. The molecule has 128 valence electrons. The average molecular weight is 331 g/mol. The maximum Gasteiger partial charge on any atom is 0.243 e. The van der Waals surface area contributed by atoms with Gasteiger partial charge in [-0.2, -0.15) is 11.8 Å². The Morgan fingerprint density at radius 2 is 1.82 bits per heavy atom. The van der Waals surface area contributed by atoms with E-state index in [1.165, 1.54) is 11.8 Å². The first kappa shape index (κ1) is 20.9. The third-order valence-electron chi connectivity index (χ3n) is 3.25. The first-order valence-electron chi connectivity index (χ1n) is 7.46. The van der Waals surface area contributed by atoms with Crippen LogP contribution in [0.2, 0.25) is 0 Å². The van der Waals surface area contributed by atoms with E-state index in [4.69, 9.17) is 0 Å². The maximum absolute atomic E-state index is 12.3. The highest BCUT2D eigenvalue weighted by molar-refractivity contribution is 7.98. The summed E-state index contributed by atoms with van der Waals surface area (Å²) in [5.74, 6) is 0.247. The zero-order chi connectivity index (χ0) is 17.1. The number of hydrogen-bond acceptors (Lipinski definition) is 5. The number of likely N-dealkylation sites (N-methyl/N-ethyl adjacent to an activating group) is 1. The number of carbonyl (C=O) groups is 3. The molecule has 0 aliphatic rings. The molecule has 0 radical (unpaired) electrons. The minimum absolute atomic E-state index is 0.0566. The predicted molar refractivity (Wildman–Crippen MR) is 91.0 cm³/mol. The topological polar surface area (TPSA) is 69.7 Å². The normalized spacial score (nSPS) is 12.1. The summed E-state index contributed by atoms with van der Waals surface area (Å²) in [7, 11) is 5.53. The summed E-state index contributed by atoms with van der Waals surface area (Å²) in [5, 5.41) is 2.82. The number of nitrogens with zero attached hydrogens (tertiary/aromatic N) is 2. The van der Waals surface area contributed by atoms with Crippen molar-refractivity contribution in [2.24, 2.45) is 0 Å². The van der Waals surface area contributed by atoms with Gasteiger partial charge in [0.1, 0.15) is 11.8 Å². The second-order valence-electron chi connectivity index (χ2n) is 5.62. The van der Waals surface area contributed by atoms with Gasteiger partial charge in [0, 0.05) is 32.2 Å². The molecule has 0 heterocycles. The molecular formula is C15H29N3O3S. The van der Waals surface area contributed by atoms with E-state index in [-0.39, 0.29) is 24.0 Å². The molecule has 0 rings (SSSR count). The molecule has 2 amide bonds. The van der Waals surface area contributed by atoms with Crippen LogP contribution in [0, 0.1) is 0 Å². The third-order valence-corrected chi connectivity index (χ3v) is 3.86. The molecule has 0 spiro atoms. The lowest BCUT2D eigenvalue weighted by Gasteiger charge is -2.26. The molecule has 0 saturated heterocycles. The summed E-state index contributed by atoms with van der Waals surface area (Å²) in [6, 6.07) is -0.716. The van der Waals surface area contributed by atoms with Gasteiger partial charge >= 0.3 is 0 Å². The van der Waals surface area contributed by atoms with Gasteiger partial charge < -0.3 is 15.1 Å². The Hall–Kier alpha value is -1.08. The molecule has 1 atom stereocenters. The fourth-order valence-corrected chi connectivity index (χ4v) is 2.32. The Morgan fingerprint density at radius 1 is 1.18 bits per heavy atom. The van der Waals surface area contributed by atoms with E-state index < -0.39 is 6.04 Å². The molecule has 0 bridgehead atoms. The van der Waals surface area contributed by atoms with Gasteiger partial charge in [0.15, 0.2) is 0 Å². The van der Waals surface area contributed by atoms with Gasteiger partial charge in [-0.1, -0.05) is 0 Å². The van der Waals surface area contributed by atoms with Gasteiger partial charge in [-0.3, -0.25) is 14.4 Å². The quantitative estimate of drug-likeness (QED) is 0.562. The van der Waals surface area contributed by atoms with Crippen LogP contribution in [0.5, 0.6) is 0 Å². The van der Waals surface area contributed by atoms with Gasteiger partial charge in [0.25, 0.3) is 0 Å². The summed E-state index contributed by atoms with van der Waals surface area (Å²) in [4.78, 5) is 39.2. The van der Waals surface area contributed by atoms with Crippen molar-refractivity contribution in [3.63, 3.8) is 0 Å². The summed E-state index contributed by atoms with van der Waals surface area (Å²) in [6.45, 7) is 2.85. The molecule has 22 heavy (non-hydrogen) atoms. The highest BCUT2D eigenvalue weighted by Crippen LogP contribution is 2.08. The Balaban J connectivity index is 4.56. The SMILES string of the molecule is CSCCC(=O)N(C)[C@H](CC(C)=O)C(=O)NCCCN(C)C. The Morgan fingerprint density at radius 3 is 2.32 bits per heavy atom. The standard InChI is InChI=1S/C15H29N3O3S/c1-12(19)11-13(18(4)14(20)7-10-22-5)15(21)16-8-6-9-17(2)3/h13H,6-11H2,1-5H3,(H,16,21)/t13-/m1/s1. The number of carbonyl (C=O) groups excluding carboxylic acids is 3. The van der Waals surface area contributed by atoms with Crippen LogP contribution in [0.4, 0.5) is 0 Å². The molecule has 1 N–H and O–H groups in total. The van der Waals surface area contributed by atoms with Crippen LogP contribution >= 0.6 is 11.8 Å². The first-order chi connectivity index (χ1) is 10.3. The molecule has 0 aromatic heterocycles. The highest BCUT2D eigenvalue weighted by atomic mass is 32.2. The summed E-state index contributed by atoms with van der Waals surface area (Å²) in [5.41, 5.74) is 0. The molecule has 0 aliphatic carbocycles. The second kappa shape index (κ2) is 11.5. The molecule has 0 fully saturated rings. The number of ketones is 1. The summed E-state index contributed by atoms with van der Waals surface area (Å²) in [6.07, 6.45) is 3.19. The molecular weight excluding hydrogens is 302 g/mol. The number of hydrogen-bond donors (Lipinski definition) is 1. The third kappa shape index (κ3) is 9.04. The smallest absolute Gasteiger partial charge is 0.243 e. The fourth-order valence-electron chi connectivity index (χ4n) is 1.94. The number of Topliss-reactive ketones (excluding diaryl/α,β-unsaturated/α-hetero) is 1. The molecule has 0 aromatic rings. The lowest BCUT2D eigenvalue weighted by atomic mass is 10.1. The van der Waals surface area contributed by atoms with Crippen molar-refractivity contribution in [2.75, 3.05) is 46.2 Å². The van der Waals surface area contributed by atoms with Crippen molar-refractivity contribution in [2.45, 2.75) is 32.2 Å². The van der Waals surface area contributed by atoms with Crippen LogP contribution in [0.25, 0.3) is 0 Å². The number of nitrogens with one attached hydrogen (secondary N) is 1. The number of rotatable bonds is 11.